The van der Waals surface area contributed by atoms with Crippen LogP contribution in [0.4, 0.5) is 16.4 Å². The molecular weight excluding hydrogens is 432 g/mol. The van der Waals surface area contributed by atoms with Crippen molar-refractivity contribution in [1.29, 1.82) is 0 Å². The number of anilines is 1. The van der Waals surface area contributed by atoms with Crippen molar-refractivity contribution in [1.82, 2.24) is 19.4 Å². The molecule has 178 valence electrons. The van der Waals surface area contributed by atoms with E-state index in [-0.39, 0.29) is 30.6 Å². The fourth-order valence-corrected chi connectivity index (χ4v) is 3.62. The normalized spacial score (nSPS) is 18.3. The van der Waals surface area contributed by atoms with Crippen LogP contribution in [0.5, 0.6) is 11.8 Å². The highest BCUT2D eigenvalue weighted by molar-refractivity contribution is 5.68. The van der Waals surface area contributed by atoms with E-state index in [1.165, 1.54) is 6.20 Å². The van der Waals surface area contributed by atoms with Gasteiger partial charge in [-0.15, -0.1) is 0 Å². The summed E-state index contributed by atoms with van der Waals surface area (Å²) in [4.78, 5) is 34.7. The number of fused-ring (bicyclic) bond motifs is 1. The number of amides is 1. The van der Waals surface area contributed by atoms with Crippen LogP contribution in [-0.4, -0.2) is 74.9 Å². The van der Waals surface area contributed by atoms with Gasteiger partial charge in [-0.2, -0.15) is 0 Å². The van der Waals surface area contributed by atoms with Gasteiger partial charge in [0.25, 0.3) is 0 Å². The quantitative estimate of drug-likeness (QED) is 0.489. The lowest BCUT2D eigenvalue weighted by molar-refractivity contribution is -0.389. The number of rotatable bonds is 5. The second-order valence-corrected chi connectivity index (χ2v) is 8.98. The smallest absolute Gasteiger partial charge is 0.414 e. The third kappa shape index (κ3) is 5.62. The fourth-order valence-electron chi connectivity index (χ4n) is 3.62. The number of ether oxygens (including phenoxy) is 3. The summed E-state index contributed by atoms with van der Waals surface area (Å²) in [7, 11) is 0. The number of carbonyl (C=O) groups excluding carboxylic acids is 1. The summed E-state index contributed by atoms with van der Waals surface area (Å²) < 4.78 is 18.6. The van der Waals surface area contributed by atoms with Gasteiger partial charge in [-0.05, 0) is 37.8 Å². The molecule has 2 aromatic heterocycles. The topological polar surface area (TPSA) is 125 Å². The summed E-state index contributed by atoms with van der Waals surface area (Å²) >= 11 is 0. The van der Waals surface area contributed by atoms with Gasteiger partial charge in [0.1, 0.15) is 36.1 Å². The van der Waals surface area contributed by atoms with Crippen LogP contribution in [-0.2, 0) is 11.3 Å². The second kappa shape index (κ2) is 9.12. The summed E-state index contributed by atoms with van der Waals surface area (Å²) in [5.41, 5.74) is -0.507. The van der Waals surface area contributed by atoms with Crippen molar-refractivity contribution in [2.75, 3.05) is 37.7 Å². The Morgan fingerprint density at radius 1 is 1.24 bits per heavy atom. The third-order valence-corrected chi connectivity index (χ3v) is 5.29. The van der Waals surface area contributed by atoms with Crippen molar-refractivity contribution in [2.24, 2.45) is 0 Å². The maximum absolute atomic E-state index is 12.2. The van der Waals surface area contributed by atoms with E-state index in [0.29, 0.717) is 44.9 Å². The van der Waals surface area contributed by atoms with E-state index in [9.17, 15) is 14.9 Å². The number of aryl methyl sites for hydroxylation is 1. The number of nitrogens with zero attached hydrogens (tertiary/aromatic N) is 6. The molecule has 4 heterocycles. The molecule has 2 aliphatic rings. The third-order valence-electron chi connectivity index (χ3n) is 5.29. The molecule has 12 heteroatoms. The predicted molar refractivity (Wildman–Crippen MR) is 118 cm³/mol. The lowest BCUT2D eigenvalue weighted by atomic mass is 10.2. The van der Waals surface area contributed by atoms with Gasteiger partial charge >= 0.3 is 17.9 Å². The van der Waals surface area contributed by atoms with Crippen molar-refractivity contribution in [3.05, 3.63) is 34.6 Å². The number of aromatic nitrogens is 3. The Hall–Kier alpha value is -3.57. The molecular formula is C21H28N6O6. The monoisotopic (exact) mass is 460 g/mol. The molecule has 1 fully saturated rings. The van der Waals surface area contributed by atoms with Crippen LogP contribution in [0.1, 0.15) is 27.2 Å². The standard InChI is InChI=1S/C21H28N6O6/c1-21(2,3)33-20(28)25-10-8-24(9-11-25)17-5-4-15(12-22-17)31-14-16-6-7-26-13-18(27(29)30)23-19(26)32-16/h4-5,12-13,16H,6-11,14H2,1-3H3/t16-/m0/s1. The number of imidazole rings is 1. The Morgan fingerprint density at radius 3 is 2.64 bits per heavy atom. The first-order valence-corrected chi connectivity index (χ1v) is 10.9. The summed E-state index contributed by atoms with van der Waals surface area (Å²) in [6, 6.07) is 3.97. The maximum Gasteiger partial charge on any atom is 0.414 e. The van der Waals surface area contributed by atoms with Crippen LogP contribution >= 0.6 is 0 Å². The van der Waals surface area contributed by atoms with Gasteiger partial charge in [0.2, 0.25) is 0 Å². The minimum absolute atomic E-state index is 0.224. The van der Waals surface area contributed by atoms with Crippen LogP contribution in [0.15, 0.2) is 24.5 Å². The van der Waals surface area contributed by atoms with E-state index in [4.69, 9.17) is 14.2 Å². The fraction of sp³-hybridized carbons (Fsp3) is 0.571. The SMILES string of the molecule is CC(C)(C)OC(=O)N1CCN(c2ccc(OC[C@@H]3CCn4cc([N+](=O)[O-])nc4O3)cn2)CC1. The van der Waals surface area contributed by atoms with Crippen LogP contribution in [0, 0.1) is 10.1 Å². The van der Waals surface area contributed by atoms with E-state index in [0.717, 1.165) is 5.82 Å². The summed E-state index contributed by atoms with van der Waals surface area (Å²) in [5, 5.41) is 10.9. The van der Waals surface area contributed by atoms with Crippen molar-refractivity contribution in [2.45, 2.75) is 45.4 Å². The maximum atomic E-state index is 12.2. The molecule has 0 saturated carbocycles. The molecule has 33 heavy (non-hydrogen) atoms. The minimum atomic E-state index is -0.537. The first-order chi connectivity index (χ1) is 15.7. The van der Waals surface area contributed by atoms with Gasteiger partial charge in [-0.3, -0.25) is 4.57 Å². The van der Waals surface area contributed by atoms with Gasteiger partial charge in [0, 0.05) is 44.1 Å². The Bertz CT molecular complexity index is 994. The molecule has 0 unspecified atom stereocenters. The van der Waals surface area contributed by atoms with Crippen LogP contribution < -0.4 is 14.4 Å². The van der Waals surface area contributed by atoms with E-state index in [1.807, 2.05) is 32.9 Å². The molecule has 0 aliphatic carbocycles. The Morgan fingerprint density at radius 2 is 2.00 bits per heavy atom. The van der Waals surface area contributed by atoms with Crippen molar-refractivity contribution < 1.29 is 23.9 Å². The lowest BCUT2D eigenvalue weighted by Crippen LogP contribution is -2.50. The molecule has 2 aromatic rings. The van der Waals surface area contributed by atoms with Gasteiger partial charge in [-0.1, -0.05) is 0 Å². The zero-order valence-corrected chi connectivity index (χ0v) is 19.0. The second-order valence-electron chi connectivity index (χ2n) is 8.98. The van der Waals surface area contributed by atoms with Crippen LogP contribution in [0.3, 0.4) is 0 Å². The number of nitro groups is 1. The Labute approximate surface area is 191 Å². The van der Waals surface area contributed by atoms with Crippen LogP contribution in [0.25, 0.3) is 0 Å². The van der Waals surface area contributed by atoms with Gasteiger partial charge in [0.15, 0.2) is 0 Å². The number of pyridine rings is 1. The largest absolute Gasteiger partial charge is 0.488 e. The predicted octanol–water partition coefficient (Wildman–Crippen LogP) is 2.47. The Balaban J connectivity index is 1.25. The zero-order chi connectivity index (χ0) is 23.6. The summed E-state index contributed by atoms with van der Waals surface area (Å²) in [6.07, 6.45) is 3.15. The molecule has 0 radical (unpaired) electrons. The average Bonchev–Trinajstić information content (AvgIpc) is 3.21. The first-order valence-electron chi connectivity index (χ1n) is 10.9. The minimum Gasteiger partial charge on any atom is -0.488 e. The summed E-state index contributed by atoms with van der Waals surface area (Å²) in [5.74, 6) is 1.20. The molecule has 0 bridgehead atoms. The van der Waals surface area contributed by atoms with E-state index < -0.39 is 10.5 Å². The Kier molecular flexibility index (Phi) is 6.25. The molecule has 2 aliphatic heterocycles. The highest BCUT2D eigenvalue weighted by atomic mass is 16.6. The number of hydrogen-bond acceptors (Lipinski definition) is 9. The van der Waals surface area contributed by atoms with Crippen LogP contribution in [0.2, 0.25) is 0 Å². The first kappa shape index (κ1) is 22.6. The molecule has 1 amide bonds. The molecule has 4 rings (SSSR count). The number of piperazine rings is 1. The lowest BCUT2D eigenvalue weighted by Gasteiger charge is -2.36. The van der Waals surface area contributed by atoms with Crippen molar-refractivity contribution in [3.63, 3.8) is 0 Å². The molecule has 1 saturated heterocycles. The number of carbonyl (C=O) groups is 1. The van der Waals surface area contributed by atoms with E-state index in [2.05, 4.69) is 14.9 Å². The average molecular weight is 460 g/mol. The van der Waals surface area contributed by atoms with Crippen molar-refractivity contribution >= 4 is 17.7 Å². The van der Waals surface area contributed by atoms with Gasteiger partial charge < -0.3 is 34.1 Å². The van der Waals surface area contributed by atoms with E-state index in [1.54, 1.807) is 15.7 Å². The molecule has 1 atom stereocenters. The number of hydrogen-bond donors (Lipinski definition) is 0. The van der Waals surface area contributed by atoms with E-state index >= 15 is 0 Å². The molecule has 12 nitrogen and oxygen atoms in total. The highest BCUT2D eigenvalue weighted by Crippen LogP contribution is 2.25. The van der Waals surface area contributed by atoms with Gasteiger partial charge in [0.05, 0.1) is 6.20 Å². The van der Waals surface area contributed by atoms with Crippen molar-refractivity contribution in [3.8, 4) is 11.8 Å². The van der Waals surface area contributed by atoms with Gasteiger partial charge in [-0.25, -0.2) is 9.78 Å². The molecule has 0 spiro atoms. The molecule has 0 N–H and O–H groups in total. The highest BCUT2D eigenvalue weighted by Gasteiger charge is 2.29. The zero-order valence-electron chi connectivity index (χ0n) is 19.0. The molecule has 0 aromatic carbocycles. The summed E-state index contributed by atoms with van der Waals surface area (Å²) in [6.45, 7) is 8.92.